The standard InChI is InChI=1S/C18H21ClN2OS/c1-13(8-9-14-6-4-3-5-7-14)20-18(23)21-15-10-11-17(22-2)16(19)12-15/h3-7,10-13H,8-9H2,1-2H3,(H2,20,21,23)/t13-/m1/s1. The average molecular weight is 349 g/mol. The largest absolute Gasteiger partial charge is 0.495 e. The molecule has 2 rings (SSSR count). The summed E-state index contributed by atoms with van der Waals surface area (Å²) in [5.41, 5.74) is 2.17. The van der Waals surface area contributed by atoms with Crippen molar-refractivity contribution in [2.75, 3.05) is 12.4 Å². The molecule has 0 aliphatic heterocycles. The van der Waals surface area contributed by atoms with Gasteiger partial charge in [-0.25, -0.2) is 0 Å². The number of aryl methyl sites for hydroxylation is 1. The molecule has 0 heterocycles. The van der Waals surface area contributed by atoms with E-state index in [9.17, 15) is 0 Å². The van der Waals surface area contributed by atoms with Crippen molar-refractivity contribution in [3.8, 4) is 5.75 Å². The Labute approximate surface area is 148 Å². The minimum absolute atomic E-state index is 0.281. The molecule has 0 saturated heterocycles. The second-order valence-electron chi connectivity index (χ2n) is 5.37. The normalized spacial score (nSPS) is 11.6. The lowest BCUT2D eigenvalue weighted by Gasteiger charge is -2.17. The van der Waals surface area contributed by atoms with E-state index >= 15 is 0 Å². The first-order valence-corrected chi connectivity index (χ1v) is 8.32. The molecule has 3 nitrogen and oxygen atoms in total. The van der Waals surface area contributed by atoms with Crippen LogP contribution >= 0.6 is 23.8 Å². The summed E-state index contributed by atoms with van der Waals surface area (Å²) in [4.78, 5) is 0. The highest BCUT2D eigenvalue weighted by molar-refractivity contribution is 7.80. The second kappa shape index (κ2) is 8.75. The van der Waals surface area contributed by atoms with Crippen molar-refractivity contribution in [3.63, 3.8) is 0 Å². The molecule has 2 aromatic carbocycles. The zero-order valence-electron chi connectivity index (χ0n) is 13.3. The summed E-state index contributed by atoms with van der Waals surface area (Å²) in [7, 11) is 1.59. The van der Waals surface area contributed by atoms with Crippen LogP contribution in [0.5, 0.6) is 5.75 Å². The van der Waals surface area contributed by atoms with E-state index < -0.39 is 0 Å². The first-order chi connectivity index (χ1) is 11.1. The third-order valence-electron chi connectivity index (χ3n) is 3.50. The molecular weight excluding hydrogens is 328 g/mol. The highest BCUT2D eigenvalue weighted by Gasteiger charge is 2.07. The van der Waals surface area contributed by atoms with Gasteiger partial charge < -0.3 is 15.4 Å². The van der Waals surface area contributed by atoms with Crippen LogP contribution in [0.25, 0.3) is 0 Å². The monoisotopic (exact) mass is 348 g/mol. The number of anilines is 1. The van der Waals surface area contributed by atoms with E-state index in [-0.39, 0.29) is 6.04 Å². The maximum Gasteiger partial charge on any atom is 0.170 e. The van der Waals surface area contributed by atoms with Gasteiger partial charge in [-0.05, 0) is 55.7 Å². The summed E-state index contributed by atoms with van der Waals surface area (Å²) >= 11 is 11.5. The number of benzene rings is 2. The van der Waals surface area contributed by atoms with Gasteiger partial charge in [-0.15, -0.1) is 0 Å². The van der Waals surface area contributed by atoms with Crippen molar-refractivity contribution in [3.05, 3.63) is 59.1 Å². The maximum absolute atomic E-state index is 6.11. The molecule has 0 radical (unpaired) electrons. The number of methoxy groups -OCH3 is 1. The SMILES string of the molecule is COc1ccc(NC(=S)N[C@H](C)CCc2ccccc2)cc1Cl. The molecule has 0 aliphatic carbocycles. The van der Waals surface area contributed by atoms with E-state index in [2.05, 4.69) is 41.8 Å². The maximum atomic E-state index is 6.11. The topological polar surface area (TPSA) is 33.3 Å². The van der Waals surface area contributed by atoms with Crippen molar-refractivity contribution in [1.29, 1.82) is 0 Å². The molecule has 122 valence electrons. The Balaban J connectivity index is 1.80. The van der Waals surface area contributed by atoms with Gasteiger partial charge in [-0.1, -0.05) is 41.9 Å². The minimum Gasteiger partial charge on any atom is -0.495 e. The summed E-state index contributed by atoms with van der Waals surface area (Å²) in [6, 6.07) is 16.2. The summed E-state index contributed by atoms with van der Waals surface area (Å²) in [5.74, 6) is 0.646. The van der Waals surface area contributed by atoms with Crippen molar-refractivity contribution >= 4 is 34.6 Å². The summed E-state index contributed by atoms with van der Waals surface area (Å²) in [6.07, 6.45) is 2.03. The Morgan fingerprint density at radius 1 is 1.22 bits per heavy atom. The highest BCUT2D eigenvalue weighted by Crippen LogP contribution is 2.27. The minimum atomic E-state index is 0.281. The van der Waals surface area contributed by atoms with E-state index in [0.717, 1.165) is 18.5 Å². The van der Waals surface area contributed by atoms with E-state index in [1.165, 1.54) is 5.56 Å². The van der Waals surface area contributed by atoms with Crippen molar-refractivity contribution in [2.24, 2.45) is 0 Å². The quantitative estimate of drug-likeness (QED) is 0.744. The van der Waals surface area contributed by atoms with E-state index in [1.807, 2.05) is 18.2 Å². The number of halogens is 1. The molecule has 2 aromatic rings. The van der Waals surface area contributed by atoms with Crippen molar-refractivity contribution < 1.29 is 4.74 Å². The zero-order valence-corrected chi connectivity index (χ0v) is 14.9. The Morgan fingerprint density at radius 2 is 1.96 bits per heavy atom. The predicted octanol–water partition coefficient (Wildman–Crippen LogP) is 4.66. The fourth-order valence-corrected chi connectivity index (χ4v) is 2.81. The fourth-order valence-electron chi connectivity index (χ4n) is 2.24. The number of hydrogen-bond acceptors (Lipinski definition) is 2. The predicted molar refractivity (Wildman–Crippen MR) is 102 cm³/mol. The van der Waals surface area contributed by atoms with Crippen LogP contribution < -0.4 is 15.4 Å². The first kappa shape index (κ1) is 17.6. The van der Waals surface area contributed by atoms with Crippen LogP contribution in [-0.2, 0) is 6.42 Å². The molecule has 0 bridgehead atoms. The smallest absolute Gasteiger partial charge is 0.170 e. The number of ether oxygens (including phenoxy) is 1. The first-order valence-electron chi connectivity index (χ1n) is 7.53. The fraction of sp³-hybridized carbons (Fsp3) is 0.278. The summed E-state index contributed by atoms with van der Waals surface area (Å²) < 4.78 is 5.14. The van der Waals surface area contributed by atoms with Crippen LogP contribution in [0.1, 0.15) is 18.9 Å². The van der Waals surface area contributed by atoms with E-state index in [1.54, 1.807) is 13.2 Å². The average Bonchev–Trinajstić information content (AvgIpc) is 2.54. The molecule has 0 saturated carbocycles. The second-order valence-corrected chi connectivity index (χ2v) is 6.19. The van der Waals surface area contributed by atoms with Crippen molar-refractivity contribution in [2.45, 2.75) is 25.8 Å². The Hall–Kier alpha value is -1.78. The molecule has 0 fully saturated rings. The molecule has 0 aromatic heterocycles. The van der Waals surface area contributed by atoms with Gasteiger partial charge in [-0.2, -0.15) is 0 Å². The lowest BCUT2D eigenvalue weighted by molar-refractivity contribution is 0.415. The molecule has 2 N–H and O–H groups in total. The number of rotatable bonds is 6. The molecule has 0 unspecified atom stereocenters. The van der Waals surface area contributed by atoms with Crippen LogP contribution in [0.2, 0.25) is 5.02 Å². The lowest BCUT2D eigenvalue weighted by atomic mass is 10.1. The van der Waals surface area contributed by atoms with Gasteiger partial charge in [0.25, 0.3) is 0 Å². The lowest BCUT2D eigenvalue weighted by Crippen LogP contribution is -2.36. The molecule has 5 heteroatoms. The van der Waals surface area contributed by atoms with Gasteiger partial charge >= 0.3 is 0 Å². The zero-order chi connectivity index (χ0) is 16.7. The van der Waals surface area contributed by atoms with Gasteiger partial charge in [-0.3, -0.25) is 0 Å². The molecule has 0 spiro atoms. The number of thiocarbonyl (C=S) groups is 1. The van der Waals surface area contributed by atoms with Crippen molar-refractivity contribution in [1.82, 2.24) is 5.32 Å². The Bertz CT molecular complexity index is 649. The molecule has 23 heavy (non-hydrogen) atoms. The summed E-state index contributed by atoms with van der Waals surface area (Å²) in [5, 5.41) is 7.58. The van der Waals surface area contributed by atoms with Gasteiger partial charge in [0, 0.05) is 11.7 Å². The number of hydrogen-bond donors (Lipinski definition) is 2. The Kier molecular flexibility index (Phi) is 6.68. The highest BCUT2D eigenvalue weighted by atomic mass is 35.5. The van der Waals surface area contributed by atoms with Gasteiger partial charge in [0.1, 0.15) is 5.75 Å². The molecule has 1 atom stereocenters. The van der Waals surface area contributed by atoms with Gasteiger partial charge in [0.2, 0.25) is 0 Å². The third kappa shape index (κ3) is 5.73. The van der Waals surface area contributed by atoms with E-state index in [4.69, 9.17) is 28.6 Å². The Morgan fingerprint density at radius 3 is 2.61 bits per heavy atom. The molecule has 0 amide bonds. The molecular formula is C18H21ClN2OS. The summed E-state index contributed by atoms with van der Waals surface area (Å²) in [6.45, 7) is 2.12. The number of nitrogens with one attached hydrogen (secondary N) is 2. The third-order valence-corrected chi connectivity index (χ3v) is 4.01. The van der Waals surface area contributed by atoms with Crippen LogP contribution in [0.4, 0.5) is 5.69 Å². The van der Waals surface area contributed by atoms with Gasteiger partial charge in [0.05, 0.1) is 12.1 Å². The van der Waals surface area contributed by atoms with Crippen LogP contribution in [0.3, 0.4) is 0 Å². The van der Waals surface area contributed by atoms with Gasteiger partial charge in [0.15, 0.2) is 5.11 Å². The molecule has 0 aliphatic rings. The van der Waals surface area contributed by atoms with Crippen LogP contribution in [0.15, 0.2) is 48.5 Å². The van der Waals surface area contributed by atoms with E-state index in [0.29, 0.717) is 15.9 Å². The van der Waals surface area contributed by atoms with Crippen LogP contribution in [0, 0.1) is 0 Å². The van der Waals surface area contributed by atoms with Crippen LogP contribution in [-0.4, -0.2) is 18.3 Å².